The molecule has 1 heterocycles. The third-order valence-corrected chi connectivity index (χ3v) is 4.22. The van der Waals surface area contributed by atoms with Gasteiger partial charge in [-0.15, -0.1) is 0 Å². The van der Waals surface area contributed by atoms with Gasteiger partial charge >= 0.3 is 0 Å². The molecule has 0 amide bonds. The Morgan fingerprint density at radius 2 is 2.20 bits per heavy atom. The van der Waals surface area contributed by atoms with E-state index in [-0.39, 0.29) is 6.04 Å². The molecule has 1 aliphatic rings. The van der Waals surface area contributed by atoms with Crippen LogP contribution in [0.25, 0.3) is 0 Å². The van der Waals surface area contributed by atoms with Gasteiger partial charge in [-0.25, -0.2) is 4.98 Å². The summed E-state index contributed by atoms with van der Waals surface area (Å²) in [5, 5.41) is 3.61. The van der Waals surface area contributed by atoms with Gasteiger partial charge < -0.3 is 15.0 Å². The fourth-order valence-corrected chi connectivity index (χ4v) is 3.10. The molecule has 1 fully saturated rings. The van der Waals surface area contributed by atoms with Gasteiger partial charge in [0.05, 0.1) is 11.7 Å². The maximum atomic E-state index is 11.5. The second kappa shape index (κ2) is 6.93. The van der Waals surface area contributed by atoms with Crippen LogP contribution >= 0.6 is 11.6 Å². The van der Waals surface area contributed by atoms with E-state index in [1.54, 1.807) is 6.07 Å². The lowest BCUT2D eigenvalue weighted by molar-refractivity contribution is -0.109. The highest BCUT2D eigenvalue weighted by Crippen LogP contribution is 2.34. The van der Waals surface area contributed by atoms with Gasteiger partial charge in [0.1, 0.15) is 11.4 Å². The molecule has 2 rings (SSSR count). The summed E-state index contributed by atoms with van der Waals surface area (Å²) in [5.74, 6) is 0.797. The minimum atomic E-state index is -0.142. The second-order valence-electron chi connectivity index (χ2n) is 5.21. The zero-order chi connectivity index (χ0) is 14.5. The van der Waals surface area contributed by atoms with E-state index in [9.17, 15) is 4.79 Å². The maximum absolute atomic E-state index is 11.5. The number of rotatable bonds is 6. The third kappa shape index (κ3) is 3.06. The SMILES string of the molecule is CCC(C=O)N(c1nc(Cl)ccc1NC)C1CCCC1. The molecule has 0 bridgehead atoms. The van der Waals surface area contributed by atoms with Crippen LogP contribution in [0.3, 0.4) is 0 Å². The van der Waals surface area contributed by atoms with Crippen LogP contribution in [0.5, 0.6) is 0 Å². The maximum Gasteiger partial charge on any atom is 0.154 e. The number of carbonyl (C=O) groups excluding carboxylic acids is 1. The Balaban J connectivity index is 2.43. The molecular weight excluding hydrogens is 274 g/mol. The van der Waals surface area contributed by atoms with Gasteiger partial charge in [-0.3, -0.25) is 0 Å². The fraction of sp³-hybridized carbons (Fsp3) is 0.600. The highest BCUT2D eigenvalue weighted by Gasteiger charge is 2.30. The third-order valence-electron chi connectivity index (χ3n) is 4.01. The summed E-state index contributed by atoms with van der Waals surface area (Å²) in [7, 11) is 1.86. The van der Waals surface area contributed by atoms with E-state index >= 15 is 0 Å². The minimum Gasteiger partial charge on any atom is -0.385 e. The molecule has 1 aromatic rings. The van der Waals surface area contributed by atoms with E-state index in [2.05, 4.69) is 15.2 Å². The van der Waals surface area contributed by atoms with Gasteiger partial charge in [0.25, 0.3) is 0 Å². The average molecular weight is 296 g/mol. The van der Waals surface area contributed by atoms with Crippen molar-refractivity contribution >= 4 is 29.4 Å². The first-order valence-corrected chi connectivity index (χ1v) is 7.67. The normalized spacial score (nSPS) is 16.9. The second-order valence-corrected chi connectivity index (χ2v) is 5.60. The van der Waals surface area contributed by atoms with Crippen molar-refractivity contribution in [3.8, 4) is 0 Å². The number of halogens is 1. The number of pyridine rings is 1. The van der Waals surface area contributed by atoms with Crippen LogP contribution in [0.15, 0.2) is 12.1 Å². The standard InChI is InChI=1S/C15H22ClN3O/c1-3-11(10-20)19(12-6-4-5-7-12)15-13(17-2)8-9-14(16)18-15/h8-12,17H,3-7H2,1-2H3. The van der Waals surface area contributed by atoms with Gasteiger partial charge in [0.15, 0.2) is 5.82 Å². The Morgan fingerprint density at radius 3 is 2.75 bits per heavy atom. The lowest BCUT2D eigenvalue weighted by atomic mass is 10.1. The van der Waals surface area contributed by atoms with Gasteiger partial charge in [0, 0.05) is 13.1 Å². The molecule has 1 aliphatic carbocycles. The van der Waals surface area contributed by atoms with Crippen molar-refractivity contribution in [3.05, 3.63) is 17.3 Å². The molecule has 0 aliphatic heterocycles. The van der Waals surface area contributed by atoms with Crippen molar-refractivity contribution in [1.29, 1.82) is 0 Å². The summed E-state index contributed by atoms with van der Waals surface area (Å²) in [4.78, 5) is 18.1. The van der Waals surface area contributed by atoms with E-state index in [1.165, 1.54) is 12.8 Å². The quantitative estimate of drug-likeness (QED) is 0.644. The van der Waals surface area contributed by atoms with Crippen molar-refractivity contribution < 1.29 is 4.79 Å². The van der Waals surface area contributed by atoms with Crippen LogP contribution in [0.4, 0.5) is 11.5 Å². The zero-order valence-corrected chi connectivity index (χ0v) is 12.9. The first kappa shape index (κ1) is 15.1. The van der Waals surface area contributed by atoms with Gasteiger partial charge in [-0.05, 0) is 31.4 Å². The summed E-state index contributed by atoms with van der Waals surface area (Å²) >= 11 is 6.06. The predicted octanol–water partition coefficient (Wildman–Crippen LogP) is 3.50. The number of aldehydes is 1. The lowest BCUT2D eigenvalue weighted by Crippen LogP contribution is -2.43. The van der Waals surface area contributed by atoms with Gasteiger partial charge in [0.2, 0.25) is 0 Å². The van der Waals surface area contributed by atoms with Crippen LogP contribution in [0.2, 0.25) is 5.15 Å². The molecule has 4 nitrogen and oxygen atoms in total. The average Bonchev–Trinajstić information content (AvgIpc) is 2.98. The molecule has 1 unspecified atom stereocenters. The summed E-state index contributed by atoms with van der Waals surface area (Å²) in [6.45, 7) is 2.03. The van der Waals surface area contributed by atoms with E-state index in [1.807, 2.05) is 20.0 Å². The smallest absolute Gasteiger partial charge is 0.154 e. The first-order valence-electron chi connectivity index (χ1n) is 7.29. The zero-order valence-electron chi connectivity index (χ0n) is 12.1. The van der Waals surface area contributed by atoms with Crippen molar-refractivity contribution in [2.75, 3.05) is 17.3 Å². The van der Waals surface area contributed by atoms with Crippen molar-refractivity contribution in [2.24, 2.45) is 0 Å². The Morgan fingerprint density at radius 1 is 1.50 bits per heavy atom. The molecule has 5 heteroatoms. The summed E-state index contributed by atoms with van der Waals surface area (Å²) < 4.78 is 0. The highest BCUT2D eigenvalue weighted by atomic mass is 35.5. The minimum absolute atomic E-state index is 0.142. The fourth-order valence-electron chi connectivity index (χ4n) is 2.96. The molecule has 0 saturated heterocycles. The summed E-state index contributed by atoms with van der Waals surface area (Å²) in [6, 6.07) is 3.93. The molecule has 0 radical (unpaired) electrons. The monoisotopic (exact) mass is 295 g/mol. The Hall–Kier alpha value is -1.29. The Bertz CT molecular complexity index is 460. The van der Waals surface area contributed by atoms with E-state index in [0.29, 0.717) is 11.2 Å². The highest BCUT2D eigenvalue weighted by molar-refractivity contribution is 6.29. The molecule has 1 N–H and O–H groups in total. The number of nitrogens with one attached hydrogen (secondary N) is 1. The van der Waals surface area contributed by atoms with Crippen LogP contribution in [0.1, 0.15) is 39.0 Å². The summed E-state index contributed by atoms with van der Waals surface area (Å²) in [5.41, 5.74) is 0.918. The van der Waals surface area contributed by atoms with Gasteiger partial charge in [-0.1, -0.05) is 31.4 Å². The number of aromatic nitrogens is 1. The molecule has 0 spiro atoms. The molecule has 1 saturated carbocycles. The number of carbonyl (C=O) groups is 1. The topological polar surface area (TPSA) is 45.2 Å². The van der Waals surface area contributed by atoms with Crippen LogP contribution in [0, 0.1) is 0 Å². The largest absolute Gasteiger partial charge is 0.385 e. The molecule has 110 valence electrons. The molecule has 20 heavy (non-hydrogen) atoms. The van der Waals surface area contributed by atoms with Crippen LogP contribution in [-0.2, 0) is 4.79 Å². The van der Waals surface area contributed by atoms with Crippen molar-refractivity contribution in [3.63, 3.8) is 0 Å². The summed E-state index contributed by atoms with van der Waals surface area (Å²) in [6.07, 6.45) is 6.46. The van der Waals surface area contributed by atoms with E-state index in [0.717, 1.165) is 37.1 Å². The van der Waals surface area contributed by atoms with Crippen molar-refractivity contribution in [1.82, 2.24) is 4.98 Å². The Labute approximate surface area is 125 Å². The molecular formula is C15H22ClN3O. The van der Waals surface area contributed by atoms with Crippen LogP contribution in [-0.4, -0.2) is 30.4 Å². The first-order chi connectivity index (χ1) is 9.71. The van der Waals surface area contributed by atoms with Crippen molar-refractivity contribution in [2.45, 2.75) is 51.1 Å². The molecule has 1 atom stereocenters. The lowest BCUT2D eigenvalue weighted by Gasteiger charge is -2.35. The van der Waals surface area contributed by atoms with Gasteiger partial charge in [-0.2, -0.15) is 0 Å². The number of anilines is 2. The predicted molar refractivity (Wildman–Crippen MR) is 83.7 cm³/mol. The molecule has 1 aromatic heterocycles. The van der Waals surface area contributed by atoms with E-state index < -0.39 is 0 Å². The number of hydrogen-bond donors (Lipinski definition) is 1. The molecule has 0 aromatic carbocycles. The number of nitrogens with zero attached hydrogens (tertiary/aromatic N) is 2. The van der Waals surface area contributed by atoms with E-state index in [4.69, 9.17) is 11.6 Å². The Kier molecular flexibility index (Phi) is 5.24. The number of hydrogen-bond acceptors (Lipinski definition) is 4. The van der Waals surface area contributed by atoms with Crippen LogP contribution < -0.4 is 10.2 Å².